The summed E-state index contributed by atoms with van der Waals surface area (Å²) in [7, 11) is -4.77. The van der Waals surface area contributed by atoms with Crippen LogP contribution < -0.4 is 0 Å². The predicted octanol–water partition coefficient (Wildman–Crippen LogP) is -0.191. The third-order valence-electron chi connectivity index (χ3n) is 5.83. The average molecular weight is 474 g/mol. The van der Waals surface area contributed by atoms with E-state index in [4.69, 9.17) is 8.57 Å². The van der Waals surface area contributed by atoms with Gasteiger partial charge in [-0.1, -0.05) is 0 Å². The van der Waals surface area contributed by atoms with E-state index in [2.05, 4.69) is 9.97 Å². The van der Waals surface area contributed by atoms with Crippen molar-refractivity contribution in [1.29, 1.82) is 0 Å². The first-order valence-electron chi connectivity index (χ1n) is 10.1. The fourth-order valence-electron chi connectivity index (χ4n) is 4.34. The smallest absolute Gasteiger partial charge is 0.314 e. The highest BCUT2D eigenvalue weighted by atomic mass is 32.3. The van der Waals surface area contributed by atoms with Crippen LogP contribution in [0.25, 0.3) is 11.4 Å². The second kappa shape index (κ2) is 7.16. The maximum atomic E-state index is 12.7. The van der Waals surface area contributed by atoms with Crippen molar-refractivity contribution in [3.05, 3.63) is 49.6 Å². The van der Waals surface area contributed by atoms with Gasteiger partial charge in [-0.25, -0.2) is 19.6 Å². The molecular formula is C18H18N8O6S. The molecule has 0 saturated carbocycles. The summed E-state index contributed by atoms with van der Waals surface area (Å²) in [6.45, 7) is 1.08. The van der Waals surface area contributed by atoms with E-state index in [0.717, 1.165) is 21.5 Å². The van der Waals surface area contributed by atoms with Crippen molar-refractivity contribution in [3.8, 4) is 0 Å². The lowest BCUT2D eigenvalue weighted by Crippen LogP contribution is -2.40. The number of amides is 4. The monoisotopic (exact) mass is 474 g/mol. The number of hydrogen-bond donors (Lipinski definition) is 0. The number of urea groups is 2. The van der Waals surface area contributed by atoms with E-state index < -0.39 is 34.5 Å². The summed E-state index contributed by atoms with van der Waals surface area (Å²) < 4.78 is 38.9. The molecular weight excluding hydrogens is 456 g/mol. The highest BCUT2D eigenvalue weighted by Crippen LogP contribution is 2.30. The zero-order valence-corrected chi connectivity index (χ0v) is 17.9. The van der Waals surface area contributed by atoms with Gasteiger partial charge >= 0.3 is 22.5 Å². The van der Waals surface area contributed by atoms with E-state index in [1.54, 1.807) is 58.7 Å². The van der Waals surface area contributed by atoms with Gasteiger partial charge in [0.05, 0.1) is 25.7 Å². The van der Waals surface area contributed by atoms with E-state index >= 15 is 0 Å². The third-order valence-corrected chi connectivity index (χ3v) is 6.51. The number of hydrogen-bond acceptors (Lipinski definition) is 8. The molecule has 2 aromatic rings. The topological polar surface area (TPSA) is 135 Å². The van der Waals surface area contributed by atoms with Crippen LogP contribution in [0.2, 0.25) is 0 Å². The SMILES string of the molecule is O=C1N2CC(n3ccnc3)=CC(C2)N1OS(=O)(=O)ON1C(=O)N2CC(n3ccnc3)=CC1C2. The highest BCUT2D eigenvalue weighted by Gasteiger charge is 2.47. The summed E-state index contributed by atoms with van der Waals surface area (Å²) in [5, 5.41) is 1.50. The Labute approximate surface area is 187 Å². The second-order valence-electron chi connectivity index (χ2n) is 7.93. The third kappa shape index (κ3) is 3.37. The zero-order valence-electron chi connectivity index (χ0n) is 17.0. The molecule has 2 unspecified atom stereocenters. The minimum absolute atomic E-state index is 0.266. The highest BCUT2D eigenvalue weighted by molar-refractivity contribution is 7.81. The zero-order chi connectivity index (χ0) is 22.7. The first-order chi connectivity index (χ1) is 15.9. The van der Waals surface area contributed by atoms with Crippen LogP contribution in [0.1, 0.15) is 0 Å². The molecule has 0 N–H and O–H groups in total. The van der Waals surface area contributed by atoms with Crippen LogP contribution in [0.4, 0.5) is 9.59 Å². The minimum Gasteiger partial charge on any atom is -0.314 e. The molecule has 0 aliphatic carbocycles. The van der Waals surface area contributed by atoms with Gasteiger partial charge in [0.15, 0.2) is 0 Å². The molecule has 2 aromatic heterocycles. The van der Waals surface area contributed by atoms with Crippen LogP contribution in [0.15, 0.2) is 49.6 Å². The molecule has 4 amide bonds. The van der Waals surface area contributed by atoms with Crippen molar-refractivity contribution >= 4 is 33.9 Å². The van der Waals surface area contributed by atoms with Gasteiger partial charge in [0, 0.05) is 49.3 Å². The Kier molecular flexibility index (Phi) is 4.33. The largest absolute Gasteiger partial charge is 0.442 e. The summed E-state index contributed by atoms with van der Waals surface area (Å²) >= 11 is 0. The van der Waals surface area contributed by atoms with Crippen molar-refractivity contribution in [2.24, 2.45) is 0 Å². The van der Waals surface area contributed by atoms with E-state index in [9.17, 15) is 18.0 Å². The molecule has 172 valence electrons. The normalized spacial score (nSPS) is 24.6. The number of imidazole rings is 2. The Morgan fingerprint density at radius 1 is 0.788 bits per heavy atom. The van der Waals surface area contributed by atoms with Crippen molar-refractivity contribution in [2.45, 2.75) is 12.1 Å². The molecule has 4 aliphatic rings. The quantitative estimate of drug-likeness (QED) is 0.562. The molecule has 6 heterocycles. The lowest BCUT2D eigenvalue weighted by atomic mass is 10.2. The average Bonchev–Trinajstić information content (AvgIpc) is 3.59. The molecule has 4 bridgehead atoms. The number of fused-ring (bicyclic) bond motifs is 4. The van der Waals surface area contributed by atoms with Crippen molar-refractivity contribution in [2.75, 3.05) is 26.2 Å². The Hall–Kier alpha value is -3.69. The number of rotatable bonds is 6. The molecule has 2 atom stereocenters. The molecule has 4 aliphatic heterocycles. The van der Waals surface area contributed by atoms with Gasteiger partial charge in [-0.05, 0) is 12.2 Å². The standard InChI is InChI=1S/C18H18N8O6S/c27-17-23-7-13(21-3-1-19-11-21)5-15(9-23)25(17)31-33(29,30)32-26-16-6-14(22-4-2-20-12-22)8-24(10-16)18(26)28/h1-6,11-12,15-16H,7-10H2. The van der Waals surface area contributed by atoms with Crippen LogP contribution in [0, 0.1) is 0 Å². The molecule has 0 radical (unpaired) electrons. The summed E-state index contributed by atoms with van der Waals surface area (Å²) in [6, 6.07) is -2.52. The van der Waals surface area contributed by atoms with Crippen LogP contribution in [0.3, 0.4) is 0 Å². The maximum Gasteiger partial charge on any atom is 0.442 e. The molecule has 2 fully saturated rings. The molecule has 15 heteroatoms. The summed E-state index contributed by atoms with van der Waals surface area (Å²) in [5.74, 6) is 0. The molecule has 6 rings (SSSR count). The number of hydroxylamine groups is 4. The number of aromatic nitrogens is 4. The van der Waals surface area contributed by atoms with Crippen molar-refractivity contribution in [1.82, 2.24) is 39.0 Å². The van der Waals surface area contributed by atoms with Crippen LogP contribution in [-0.2, 0) is 19.0 Å². The van der Waals surface area contributed by atoms with Gasteiger partial charge in [-0.15, -0.1) is 8.57 Å². The van der Waals surface area contributed by atoms with Gasteiger partial charge in [0.25, 0.3) is 0 Å². The summed E-state index contributed by atoms with van der Waals surface area (Å²) in [6.07, 6.45) is 13.3. The van der Waals surface area contributed by atoms with E-state index in [1.807, 2.05) is 0 Å². The number of carbonyl (C=O) groups excluding carboxylic acids is 2. The van der Waals surface area contributed by atoms with Gasteiger partial charge < -0.3 is 18.9 Å². The Morgan fingerprint density at radius 3 is 1.64 bits per heavy atom. The maximum absolute atomic E-state index is 12.7. The fourth-order valence-corrected chi connectivity index (χ4v) is 5.11. The Balaban J connectivity index is 1.19. The second-order valence-corrected chi connectivity index (χ2v) is 9.04. The van der Waals surface area contributed by atoms with Crippen molar-refractivity contribution < 1.29 is 26.6 Å². The van der Waals surface area contributed by atoms with E-state index in [1.165, 1.54) is 9.80 Å². The van der Waals surface area contributed by atoms with Gasteiger partial charge in [0.1, 0.15) is 12.1 Å². The lowest BCUT2D eigenvalue weighted by molar-refractivity contribution is -0.0723. The fraction of sp³-hybridized carbons (Fsp3) is 0.333. The number of carbonyl (C=O) groups is 2. The molecule has 0 aromatic carbocycles. The summed E-state index contributed by atoms with van der Waals surface area (Å²) in [4.78, 5) is 36.2. The molecule has 33 heavy (non-hydrogen) atoms. The van der Waals surface area contributed by atoms with Gasteiger partial charge in [-0.2, -0.15) is 18.5 Å². The van der Waals surface area contributed by atoms with E-state index in [0.29, 0.717) is 0 Å². The first kappa shape index (κ1) is 20.0. The first-order valence-corrected chi connectivity index (χ1v) is 11.4. The minimum atomic E-state index is -4.77. The van der Waals surface area contributed by atoms with Crippen LogP contribution >= 0.6 is 0 Å². The molecule has 0 spiro atoms. The molecule has 2 saturated heterocycles. The van der Waals surface area contributed by atoms with E-state index in [-0.39, 0.29) is 26.2 Å². The lowest BCUT2D eigenvalue weighted by Gasteiger charge is -2.23. The Bertz CT molecular complexity index is 1180. The van der Waals surface area contributed by atoms with Crippen LogP contribution in [0.5, 0.6) is 0 Å². The molecule has 14 nitrogen and oxygen atoms in total. The Morgan fingerprint density at radius 2 is 1.24 bits per heavy atom. The van der Waals surface area contributed by atoms with Gasteiger partial charge in [0.2, 0.25) is 0 Å². The van der Waals surface area contributed by atoms with Crippen molar-refractivity contribution in [3.63, 3.8) is 0 Å². The van der Waals surface area contributed by atoms with Gasteiger partial charge in [-0.3, -0.25) is 0 Å². The summed E-state index contributed by atoms with van der Waals surface area (Å²) in [5.41, 5.74) is 1.52. The number of nitrogens with zero attached hydrogens (tertiary/aromatic N) is 8. The van der Waals surface area contributed by atoms with Crippen LogP contribution in [-0.4, -0.2) is 97.8 Å². The predicted molar refractivity (Wildman–Crippen MR) is 109 cm³/mol.